The Morgan fingerprint density at radius 3 is 2.74 bits per heavy atom. The van der Waals surface area contributed by atoms with Gasteiger partial charge in [-0.1, -0.05) is 24.3 Å². The Balaban J connectivity index is 2.05. The lowest BCUT2D eigenvalue weighted by molar-refractivity contribution is -0.176. The quantitative estimate of drug-likeness (QED) is 0.890. The topological polar surface area (TPSA) is 15.3 Å². The van der Waals surface area contributed by atoms with E-state index in [9.17, 15) is 13.2 Å². The molecule has 1 heterocycles. The molecular weight excluding hydrogens is 253 g/mol. The molecule has 1 aliphatic rings. The van der Waals surface area contributed by atoms with Crippen molar-refractivity contribution in [3.05, 3.63) is 35.4 Å². The highest BCUT2D eigenvalue weighted by Crippen LogP contribution is 2.27. The lowest BCUT2D eigenvalue weighted by atomic mass is 10.1. The first-order valence-corrected chi connectivity index (χ1v) is 6.51. The third-order valence-electron chi connectivity index (χ3n) is 3.59. The van der Waals surface area contributed by atoms with Gasteiger partial charge in [0.25, 0.3) is 0 Å². The molecule has 1 unspecified atom stereocenters. The van der Waals surface area contributed by atoms with Crippen LogP contribution in [0.25, 0.3) is 0 Å². The maximum atomic E-state index is 12.8. The fourth-order valence-corrected chi connectivity index (χ4v) is 2.37. The van der Waals surface area contributed by atoms with Crippen LogP contribution in [0.15, 0.2) is 24.3 Å². The van der Waals surface area contributed by atoms with E-state index in [1.807, 2.05) is 36.1 Å². The number of rotatable bonds is 2. The van der Waals surface area contributed by atoms with Crippen LogP contribution in [0.4, 0.5) is 13.2 Å². The van der Waals surface area contributed by atoms with Crippen LogP contribution in [0, 0.1) is 12.8 Å². The van der Waals surface area contributed by atoms with Gasteiger partial charge < -0.3 is 5.32 Å². The molecule has 1 fully saturated rings. The number of halogens is 3. The molecule has 1 aromatic carbocycles. The van der Waals surface area contributed by atoms with E-state index in [0.29, 0.717) is 19.6 Å². The van der Waals surface area contributed by atoms with E-state index in [4.69, 9.17) is 0 Å². The first-order chi connectivity index (χ1) is 8.97. The van der Waals surface area contributed by atoms with E-state index in [0.717, 1.165) is 11.1 Å². The molecular formula is C14H19F3N2. The molecule has 1 aliphatic heterocycles. The third kappa shape index (κ3) is 3.94. The van der Waals surface area contributed by atoms with Gasteiger partial charge in [-0.2, -0.15) is 13.2 Å². The Hall–Kier alpha value is -1.07. The maximum absolute atomic E-state index is 12.8. The summed E-state index contributed by atoms with van der Waals surface area (Å²) in [7, 11) is 0. The number of benzene rings is 1. The van der Waals surface area contributed by atoms with Crippen molar-refractivity contribution < 1.29 is 13.2 Å². The first-order valence-electron chi connectivity index (χ1n) is 6.51. The second-order valence-electron chi connectivity index (χ2n) is 5.10. The van der Waals surface area contributed by atoms with E-state index >= 15 is 0 Å². The van der Waals surface area contributed by atoms with Crippen LogP contribution in [0.1, 0.15) is 11.1 Å². The van der Waals surface area contributed by atoms with E-state index in [1.165, 1.54) is 0 Å². The average molecular weight is 272 g/mol. The fourth-order valence-electron chi connectivity index (χ4n) is 2.37. The van der Waals surface area contributed by atoms with Crippen LogP contribution in [0.5, 0.6) is 0 Å². The van der Waals surface area contributed by atoms with E-state index < -0.39 is 12.1 Å². The molecule has 0 aliphatic carbocycles. The van der Waals surface area contributed by atoms with Crippen LogP contribution < -0.4 is 5.32 Å². The number of aryl methyl sites for hydroxylation is 1. The molecule has 0 bridgehead atoms. The SMILES string of the molecule is Cc1ccccc1CN1CCNCC(C(F)(F)F)C1. The fraction of sp³-hybridized carbons (Fsp3) is 0.571. The van der Waals surface area contributed by atoms with E-state index in [2.05, 4.69) is 5.32 Å². The molecule has 1 N–H and O–H groups in total. The summed E-state index contributed by atoms with van der Waals surface area (Å²) >= 11 is 0. The second kappa shape index (κ2) is 5.92. The summed E-state index contributed by atoms with van der Waals surface area (Å²) < 4.78 is 38.5. The van der Waals surface area contributed by atoms with E-state index in [-0.39, 0.29) is 13.1 Å². The Kier molecular flexibility index (Phi) is 4.47. The zero-order valence-corrected chi connectivity index (χ0v) is 11.0. The van der Waals surface area contributed by atoms with Gasteiger partial charge in [-0.05, 0) is 18.1 Å². The Morgan fingerprint density at radius 2 is 2.05 bits per heavy atom. The first kappa shape index (κ1) is 14.3. The Bertz CT molecular complexity index is 417. The van der Waals surface area contributed by atoms with Gasteiger partial charge in [0.15, 0.2) is 0 Å². The summed E-state index contributed by atoms with van der Waals surface area (Å²) in [6.07, 6.45) is -4.12. The van der Waals surface area contributed by atoms with Gasteiger partial charge in [0.1, 0.15) is 0 Å². The van der Waals surface area contributed by atoms with Gasteiger partial charge in [0, 0.05) is 32.7 Å². The molecule has 2 nitrogen and oxygen atoms in total. The number of nitrogens with zero attached hydrogens (tertiary/aromatic N) is 1. The summed E-state index contributed by atoms with van der Waals surface area (Å²) in [5.74, 6) is -1.28. The van der Waals surface area contributed by atoms with Gasteiger partial charge in [-0.15, -0.1) is 0 Å². The van der Waals surface area contributed by atoms with Crippen LogP contribution >= 0.6 is 0 Å². The number of alkyl halides is 3. The Morgan fingerprint density at radius 1 is 1.32 bits per heavy atom. The molecule has 5 heteroatoms. The molecule has 0 aromatic heterocycles. The lowest BCUT2D eigenvalue weighted by Crippen LogP contribution is -2.37. The molecule has 0 amide bonds. The van der Waals surface area contributed by atoms with Crippen molar-refractivity contribution in [3.8, 4) is 0 Å². The van der Waals surface area contributed by atoms with Crippen molar-refractivity contribution >= 4 is 0 Å². The summed E-state index contributed by atoms with van der Waals surface area (Å²) in [4.78, 5) is 1.89. The molecule has 2 rings (SSSR count). The van der Waals surface area contributed by atoms with Gasteiger partial charge >= 0.3 is 6.18 Å². The molecule has 0 radical (unpaired) electrons. The highest BCUT2D eigenvalue weighted by Gasteiger charge is 2.40. The summed E-state index contributed by atoms with van der Waals surface area (Å²) in [6, 6.07) is 7.85. The normalized spacial score (nSPS) is 22.2. The van der Waals surface area contributed by atoms with Crippen molar-refractivity contribution in [1.82, 2.24) is 10.2 Å². The van der Waals surface area contributed by atoms with Crippen LogP contribution in [0.2, 0.25) is 0 Å². The lowest BCUT2D eigenvalue weighted by Gasteiger charge is -2.25. The van der Waals surface area contributed by atoms with Gasteiger partial charge in [-0.3, -0.25) is 4.90 Å². The van der Waals surface area contributed by atoms with E-state index in [1.54, 1.807) is 0 Å². The van der Waals surface area contributed by atoms with Gasteiger partial charge in [-0.25, -0.2) is 0 Å². The van der Waals surface area contributed by atoms with Gasteiger partial charge in [0.2, 0.25) is 0 Å². The predicted molar refractivity (Wildman–Crippen MR) is 68.9 cm³/mol. The highest BCUT2D eigenvalue weighted by atomic mass is 19.4. The molecule has 0 saturated carbocycles. The summed E-state index contributed by atoms with van der Waals surface area (Å²) in [6.45, 7) is 3.94. The number of hydrogen-bond acceptors (Lipinski definition) is 2. The van der Waals surface area contributed by atoms with Crippen LogP contribution in [-0.4, -0.2) is 37.3 Å². The van der Waals surface area contributed by atoms with Crippen LogP contribution in [0.3, 0.4) is 0 Å². The number of hydrogen-bond donors (Lipinski definition) is 1. The minimum atomic E-state index is -4.12. The van der Waals surface area contributed by atoms with Crippen molar-refractivity contribution in [2.45, 2.75) is 19.6 Å². The third-order valence-corrected chi connectivity index (χ3v) is 3.59. The zero-order chi connectivity index (χ0) is 13.9. The molecule has 1 atom stereocenters. The monoisotopic (exact) mass is 272 g/mol. The smallest absolute Gasteiger partial charge is 0.315 e. The van der Waals surface area contributed by atoms with Crippen LogP contribution in [-0.2, 0) is 6.54 Å². The second-order valence-corrected chi connectivity index (χ2v) is 5.10. The van der Waals surface area contributed by atoms with Gasteiger partial charge in [0.05, 0.1) is 5.92 Å². The molecule has 0 spiro atoms. The van der Waals surface area contributed by atoms with Crippen molar-refractivity contribution in [2.75, 3.05) is 26.2 Å². The number of nitrogens with one attached hydrogen (secondary N) is 1. The Labute approximate surface area is 111 Å². The average Bonchev–Trinajstić information content (AvgIpc) is 2.57. The maximum Gasteiger partial charge on any atom is 0.394 e. The highest BCUT2D eigenvalue weighted by molar-refractivity contribution is 5.25. The summed E-state index contributed by atoms with van der Waals surface area (Å²) in [5, 5.41) is 2.87. The van der Waals surface area contributed by atoms with Crippen molar-refractivity contribution in [3.63, 3.8) is 0 Å². The molecule has 19 heavy (non-hydrogen) atoms. The standard InChI is InChI=1S/C14H19F3N2/c1-11-4-2-3-5-12(11)9-19-7-6-18-8-13(10-19)14(15,16)17/h2-5,13,18H,6-10H2,1H3. The molecule has 1 saturated heterocycles. The molecule has 1 aromatic rings. The van der Waals surface area contributed by atoms with Crippen molar-refractivity contribution in [2.24, 2.45) is 5.92 Å². The minimum absolute atomic E-state index is 0.0216. The minimum Gasteiger partial charge on any atom is -0.315 e. The summed E-state index contributed by atoms with van der Waals surface area (Å²) in [5.41, 5.74) is 2.23. The zero-order valence-electron chi connectivity index (χ0n) is 11.0. The van der Waals surface area contributed by atoms with Crippen molar-refractivity contribution in [1.29, 1.82) is 0 Å². The largest absolute Gasteiger partial charge is 0.394 e. The predicted octanol–water partition coefficient (Wildman–Crippen LogP) is 2.58. The molecule has 106 valence electrons.